The van der Waals surface area contributed by atoms with Crippen molar-refractivity contribution in [3.8, 4) is 11.6 Å². The van der Waals surface area contributed by atoms with Gasteiger partial charge in [-0.05, 0) is 19.1 Å². The average molecular weight is 375 g/mol. The van der Waals surface area contributed by atoms with Gasteiger partial charge in [0.1, 0.15) is 24.3 Å². The number of halogens is 2. The van der Waals surface area contributed by atoms with Gasteiger partial charge in [-0.25, -0.2) is 8.91 Å². The third kappa shape index (κ3) is 2.84. The van der Waals surface area contributed by atoms with Crippen molar-refractivity contribution in [2.45, 2.75) is 13.0 Å². The van der Waals surface area contributed by atoms with Gasteiger partial charge < -0.3 is 14.8 Å². The molecule has 0 saturated heterocycles. The number of hydrogen-bond donors (Lipinski definition) is 1. The standard InChI is InChI=1S/C18H16ClFN4O2/c1-10-12-9-22-24-7-5-15(23-18(12)24)26-11(2)16-14(25-8-6-21-10)4-3-13(20)17(16)19/h3-5,7,9,11,21H,1,6,8H2,2H3/t11-/m1/s1. The number of rotatable bonds is 0. The molecule has 6 nitrogen and oxygen atoms in total. The molecule has 2 aromatic heterocycles. The molecule has 8 heteroatoms. The molecule has 1 aliphatic heterocycles. The summed E-state index contributed by atoms with van der Waals surface area (Å²) in [6.45, 7) is 6.64. The molecular formula is C18H16ClFN4O2. The molecule has 0 spiro atoms. The monoisotopic (exact) mass is 374 g/mol. The van der Waals surface area contributed by atoms with E-state index in [4.69, 9.17) is 21.1 Å². The van der Waals surface area contributed by atoms with Crippen LogP contribution in [0.2, 0.25) is 5.02 Å². The van der Waals surface area contributed by atoms with E-state index in [-0.39, 0.29) is 5.02 Å². The van der Waals surface area contributed by atoms with E-state index in [1.165, 1.54) is 6.07 Å². The molecule has 0 amide bonds. The summed E-state index contributed by atoms with van der Waals surface area (Å²) in [4.78, 5) is 4.51. The summed E-state index contributed by atoms with van der Waals surface area (Å²) < 4.78 is 27.3. The molecule has 0 saturated carbocycles. The first-order valence-electron chi connectivity index (χ1n) is 8.09. The predicted molar refractivity (Wildman–Crippen MR) is 96.0 cm³/mol. The van der Waals surface area contributed by atoms with E-state index in [0.717, 1.165) is 5.56 Å². The van der Waals surface area contributed by atoms with Gasteiger partial charge in [-0.15, -0.1) is 0 Å². The lowest BCUT2D eigenvalue weighted by Crippen LogP contribution is -2.20. The number of nitrogens with one attached hydrogen (secondary N) is 1. The molecule has 2 bridgehead atoms. The van der Waals surface area contributed by atoms with Gasteiger partial charge in [0.25, 0.3) is 0 Å². The maximum atomic E-state index is 14.0. The van der Waals surface area contributed by atoms with E-state index in [0.29, 0.717) is 41.7 Å². The van der Waals surface area contributed by atoms with E-state index < -0.39 is 11.9 Å². The summed E-state index contributed by atoms with van der Waals surface area (Å²) in [7, 11) is 0. The molecule has 0 radical (unpaired) electrons. The summed E-state index contributed by atoms with van der Waals surface area (Å²) in [5, 5.41) is 7.42. The Hall–Kier alpha value is -2.80. The number of fused-ring (bicyclic) bond motifs is 2. The number of nitrogens with zero attached hydrogens (tertiary/aromatic N) is 3. The molecule has 3 aromatic rings. The van der Waals surface area contributed by atoms with Gasteiger partial charge in [-0.3, -0.25) is 0 Å². The highest BCUT2D eigenvalue weighted by molar-refractivity contribution is 6.31. The highest BCUT2D eigenvalue weighted by Crippen LogP contribution is 2.36. The molecule has 134 valence electrons. The van der Waals surface area contributed by atoms with Crippen molar-refractivity contribution in [1.29, 1.82) is 0 Å². The minimum absolute atomic E-state index is 0.0200. The molecule has 1 aromatic carbocycles. The second-order valence-corrected chi connectivity index (χ2v) is 6.26. The summed E-state index contributed by atoms with van der Waals surface area (Å²) in [6, 6.07) is 4.51. The average Bonchev–Trinajstić information content (AvgIpc) is 3.04. The summed E-state index contributed by atoms with van der Waals surface area (Å²) in [6.07, 6.45) is 2.86. The molecule has 3 heterocycles. The van der Waals surface area contributed by atoms with Crippen molar-refractivity contribution in [2.75, 3.05) is 13.2 Å². The van der Waals surface area contributed by atoms with Gasteiger partial charge in [0.05, 0.1) is 22.3 Å². The lowest BCUT2D eigenvalue weighted by molar-refractivity contribution is 0.208. The van der Waals surface area contributed by atoms with Crippen LogP contribution in [0.3, 0.4) is 0 Å². The van der Waals surface area contributed by atoms with E-state index in [9.17, 15) is 4.39 Å². The summed E-state index contributed by atoms with van der Waals surface area (Å²) in [5.74, 6) is 0.312. The number of ether oxygens (including phenoxy) is 2. The van der Waals surface area contributed by atoms with Gasteiger partial charge in [0, 0.05) is 24.5 Å². The first-order chi connectivity index (χ1) is 12.5. The normalized spacial score (nSPS) is 17.3. The largest absolute Gasteiger partial charge is 0.491 e. The van der Waals surface area contributed by atoms with Crippen LogP contribution in [0.25, 0.3) is 11.3 Å². The van der Waals surface area contributed by atoms with Crippen molar-refractivity contribution in [3.05, 3.63) is 59.1 Å². The lowest BCUT2D eigenvalue weighted by atomic mass is 10.1. The highest BCUT2D eigenvalue weighted by Gasteiger charge is 2.22. The van der Waals surface area contributed by atoms with Gasteiger partial charge in [0.2, 0.25) is 5.88 Å². The Morgan fingerprint density at radius 2 is 2.23 bits per heavy atom. The Kier molecular flexibility index (Phi) is 4.16. The van der Waals surface area contributed by atoms with Crippen LogP contribution in [0.4, 0.5) is 4.39 Å². The van der Waals surface area contributed by atoms with Gasteiger partial charge in [-0.2, -0.15) is 10.1 Å². The maximum Gasteiger partial charge on any atom is 0.217 e. The Labute approximate surface area is 154 Å². The highest BCUT2D eigenvalue weighted by atomic mass is 35.5. The molecule has 1 aliphatic rings. The Morgan fingerprint density at radius 3 is 3.08 bits per heavy atom. The van der Waals surface area contributed by atoms with Crippen molar-refractivity contribution < 1.29 is 13.9 Å². The van der Waals surface area contributed by atoms with Crippen LogP contribution < -0.4 is 14.8 Å². The second kappa shape index (κ2) is 6.49. The topological polar surface area (TPSA) is 60.7 Å². The fourth-order valence-electron chi connectivity index (χ4n) is 2.88. The van der Waals surface area contributed by atoms with Crippen LogP contribution in [0.15, 0.2) is 37.2 Å². The molecule has 1 atom stereocenters. The first-order valence-corrected chi connectivity index (χ1v) is 8.47. The predicted octanol–water partition coefficient (Wildman–Crippen LogP) is 3.61. The summed E-state index contributed by atoms with van der Waals surface area (Å²) >= 11 is 6.18. The number of aromatic nitrogens is 3. The maximum absolute atomic E-state index is 14.0. The second-order valence-electron chi connectivity index (χ2n) is 5.88. The smallest absolute Gasteiger partial charge is 0.217 e. The van der Waals surface area contributed by atoms with E-state index in [1.807, 2.05) is 0 Å². The Morgan fingerprint density at radius 1 is 1.38 bits per heavy atom. The molecule has 1 N–H and O–H groups in total. The van der Waals surface area contributed by atoms with E-state index in [1.54, 1.807) is 36.0 Å². The minimum atomic E-state index is -0.563. The van der Waals surface area contributed by atoms with Crippen LogP contribution >= 0.6 is 11.6 Å². The molecule has 26 heavy (non-hydrogen) atoms. The SMILES string of the molecule is C=C1NCCOc2ccc(F)c(Cl)c2[C@@H](C)Oc2ccn3ncc1c3n2. The lowest BCUT2D eigenvalue weighted by Gasteiger charge is -2.19. The zero-order valence-corrected chi connectivity index (χ0v) is 14.8. The van der Waals surface area contributed by atoms with Crippen molar-refractivity contribution in [3.63, 3.8) is 0 Å². The van der Waals surface area contributed by atoms with Crippen LogP contribution in [-0.4, -0.2) is 27.7 Å². The molecular weight excluding hydrogens is 359 g/mol. The number of hydrogen-bond acceptors (Lipinski definition) is 5. The van der Waals surface area contributed by atoms with Crippen molar-refractivity contribution in [1.82, 2.24) is 19.9 Å². The number of benzene rings is 1. The van der Waals surface area contributed by atoms with Crippen molar-refractivity contribution in [2.24, 2.45) is 0 Å². The van der Waals surface area contributed by atoms with Gasteiger partial charge >= 0.3 is 0 Å². The quantitative estimate of drug-likeness (QED) is 0.651. The van der Waals surface area contributed by atoms with Gasteiger partial charge in [-0.1, -0.05) is 18.2 Å². The third-order valence-corrected chi connectivity index (χ3v) is 4.55. The summed E-state index contributed by atoms with van der Waals surface area (Å²) in [5.41, 5.74) is 2.50. The molecule has 4 rings (SSSR count). The van der Waals surface area contributed by atoms with Crippen LogP contribution in [0, 0.1) is 5.82 Å². The third-order valence-electron chi connectivity index (χ3n) is 4.16. The van der Waals surface area contributed by atoms with Crippen LogP contribution in [-0.2, 0) is 0 Å². The van der Waals surface area contributed by atoms with Gasteiger partial charge in [0.15, 0.2) is 5.65 Å². The van der Waals surface area contributed by atoms with Crippen LogP contribution in [0.1, 0.15) is 24.2 Å². The molecule has 0 unspecified atom stereocenters. The first kappa shape index (κ1) is 16.7. The van der Waals surface area contributed by atoms with E-state index in [2.05, 4.69) is 22.0 Å². The Balaban J connectivity index is 1.82. The Bertz CT molecular complexity index is 1000. The fourth-order valence-corrected chi connectivity index (χ4v) is 3.19. The van der Waals surface area contributed by atoms with Crippen LogP contribution in [0.5, 0.6) is 11.6 Å². The van der Waals surface area contributed by atoms with E-state index >= 15 is 0 Å². The molecule has 0 fully saturated rings. The van der Waals surface area contributed by atoms with Crippen molar-refractivity contribution >= 4 is 22.9 Å². The fraction of sp³-hybridized carbons (Fsp3) is 0.222. The zero-order valence-electron chi connectivity index (χ0n) is 14.0. The molecule has 0 aliphatic carbocycles. The minimum Gasteiger partial charge on any atom is -0.491 e. The zero-order chi connectivity index (χ0) is 18.3.